The fourth-order valence-corrected chi connectivity index (χ4v) is 2.35. The molecule has 0 aliphatic heterocycles. The lowest BCUT2D eigenvalue weighted by molar-refractivity contribution is 0.0970. The molecule has 5 nitrogen and oxygen atoms in total. The second-order valence-electron chi connectivity index (χ2n) is 5.26. The van der Waals surface area contributed by atoms with Gasteiger partial charge in [-0.15, -0.1) is 0 Å². The predicted molar refractivity (Wildman–Crippen MR) is 91.3 cm³/mol. The quantitative estimate of drug-likeness (QED) is 0.678. The second kappa shape index (κ2) is 6.91. The van der Waals surface area contributed by atoms with E-state index >= 15 is 0 Å². The fraction of sp³-hybridized carbons (Fsp3) is 0.105. The molecule has 0 bridgehead atoms. The van der Waals surface area contributed by atoms with E-state index in [0.29, 0.717) is 17.0 Å². The van der Waals surface area contributed by atoms with Crippen LogP contribution in [0.3, 0.4) is 0 Å². The van der Waals surface area contributed by atoms with Gasteiger partial charge < -0.3 is 4.74 Å². The Morgan fingerprint density at radius 1 is 1.08 bits per heavy atom. The number of ketones is 1. The molecule has 0 saturated heterocycles. The van der Waals surface area contributed by atoms with Gasteiger partial charge in [0.2, 0.25) is 0 Å². The Balaban J connectivity index is 1.83. The van der Waals surface area contributed by atoms with Crippen LogP contribution in [0.4, 0.5) is 0 Å². The summed E-state index contributed by atoms with van der Waals surface area (Å²) in [5.41, 5.74) is 1.68. The van der Waals surface area contributed by atoms with Crippen molar-refractivity contribution in [3.8, 4) is 17.0 Å². The van der Waals surface area contributed by atoms with Crippen LogP contribution in [0.25, 0.3) is 11.3 Å². The molecule has 24 heavy (non-hydrogen) atoms. The first-order chi connectivity index (χ1) is 11.7. The SMILES string of the molecule is COc1cccc(C(=O)Cn2cnc(-c3ccccc3)cc2=O)c1. The van der Waals surface area contributed by atoms with E-state index in [1.54, 1.807) is 31.4 Å². The van der Waals surface area contributed by atoms with E-state index in [0.717, 1.165) is 5.56 Å². The van der Waals surface area contributed by atoms with Gasteiger partial charge in [0.25, 0.3) is 5.56 Å². The van der Waals surface area contributed by atoms with Crippen molar-refractivity contribution in [2.75, 3.05) is 7.11 Å². The summed E-state index contributed by atoms with van der Waals surface area (Å²) in [6, 6.07) is 17.7. The zero-order chi connectivity index (χ0) is 16.9. The number of rotatable bonds is 5. The van der Waals surface area contributed by atoms with Crippen LogP contribution in [0.1, 0.15) is 10.4 Å². The maximum atomic E-state index is 12.3. The number of hydrogen-bond acceptors (Lipinski definition) is 4. The lowest BCUT2D eigenvalue weighted by Gasteiger charge is -2.07. The van der Waals surface area contributed by atoms with E-state index in [1.807, 2.05) is 30.3 Å². The first-order valence-corrected chi connectivity index (χ1v) is 7.46. The largest absolute Gasteiger partial charge is 0.497 e. The standard InChI is InChI=1S/C19H16N2O3/c1-24-16-9-5-8-15(10-16)18(22)12-21-13-20-17(11-19(21)23)14-6-3-2-4-7-14/h2-11,13H,12H2,1H3. The first kappa shape index (κ1) is 15.7. The Hall–Kier alpha value is -3.21. The van der Waals surface area contributed by atoms with Gasteiger partial charge in [0.15, 0.2) is 5.78 Å². The lowest BCUT2D eigenvalue weighted by Crippen LogP contribution is -2.24. The van der Waals surface area contributed by atoms with E-state index in [-0.39, 0.29) is 17.9 Å². The third-order valence-corrected chi connectivity index (χ3v) is 3.65. The second-order valence-corrected chi connectivity index (χ2v) is 5.26. The Bertz CT molecular complexity index is 917. The monoisotopic (exact) mass is 320 g/mol. The molecule has 1 aromatic heterocycles. The van der Waals surface area contributed by atoms with Gasteiger partial charge in [-0.3, -0.25) is 14.2 Å². The number of carbonyl (C=O) groups is 1. The van der Waals surface area contributed by atoms with Crippen molar-refractivity contribution >= 4 is 5.78 Å². The average molecular weight is 320 g/mol. The Morgan fingerprint density at radius 3 is 2.58 bits per heavy atom. The number of hydrogen-bond donors (Lipinski definition) is 0. The van der Waals surface area contributed by atoms with Gasteiger partial charge in [-0.05, 0) is 12.1 Å². The molecule has 3 rings (SSSR count). The molecule has 0 aliphatic rings. The van der Waals surface area contributed by atoms with Gasteiger partial charge >= 0.3 is 0 Å². The fourth-order valence-electron chi connectivity index (χ4n) is 2.35. The van der Waals surface area contributed by atoms with E-state index < -0.39 is 0 Å². The van der Waals surface area contributed by atoms with Crippen LogP contribution in [0.5, 0.6) is 5.75 Å². The van der Waals surface area contributed by atoms with Crippen molar-refractivity contribution in [3.05, 3.63) is 82.9 Å². The zero-order valence-corrected chi connectivity index (χ0v) is 13.2. The summed E-state index contributed by atoms with van der Waals surface area (Å²) < 4.78 is 6.41. The molecule has 3 aromatic rings. The lowest BCUT2D eigenvalue weighted by atomic mass is 10.1. The summed E-state index contributed by atoms with van der Waals surface area (Å²) in [4.78, 5) is 28.9. The average Bonchev–Trinajstić information content (AvgIpc) is 2.64. The van der Waals surface area contributed by atoms with Crippen LogP contribution >= 0.6 is 0 Å². The minimum atomic E-state index is -0.264. The highest BCUT2D eigenvalue weighted by atomic mass is 16.5. The number of Topliss-reactive ketones (excluding diaryl/α,β-unsaturated/α-hetero) is 1. The summed E-state index contributed by atoms with van der Waals surface area (Å²) in [7, 11) is 1.54. The normalized spacial score (nSPS) is 10.4. The molecule has 0 amide bonds. The Kier molecular flexibility index (Phi) is 4.52. The molecule has 0 atom stereocenters. The molecule has 0 fully saturated rings. The van der Waals surface area contributed by atoms with E-state index in [4.69, 9.17) is 4.74 Å². The third-order valence-electron chi connectivity index (χ3n) is 3.65. The van der Waals surface area contributed by atoms with Gasteiger partial charge in [0, 0.05) is 17.2 Å². The minimum absolute atomic E-state index is 0.0614. The van der Waals surface area contributed by atoms with Gasteiger partial charge in [0.05, 0.1) is 25.7 Å². The van der Waals surface area contributed by atoms with E-state index in [1.165, 1.54) is 17.0 Å². The molecule has 120 valence electrons. The molecule has 5 heteroatoms. The number of methoxy groups -OCH3 is 1. The van der Waals surface area contributed by atoms with Crippen molar-refractivity contribution in [1.82, 2.24) is 9.55 Å². The van der Waals surface area contributed by atoms with Crippen LogP contribution in [0, 0.1) is 0 Å². The summed E-state index contributed by atoms with van der Waals surface area (Å²) in [6.07, 6.45) is 1.41. The highest BCUT2D eigenvalue weighted by molar-refractivity contribution is 5.96. The molecular formula is C19H16N2O3. The number of benzene rings is 2. The molecule has 0 saturated carbocycles. The van der Waals surface area contributed by atoms with Crippen molar-refractivity contribution in [2.24, 2.45) is 0 Å². The van der Waals surface area contributed by atoms with Gasteiger partial charge in [-0.2, -0.15) is 0 Å². The van der Waals surface area contributed by atoms with Crippen molar-refractivity contribution < 1.29 is 9.53 Å². The number of carbonyl (C=O) groups excluding carboxylic acids is 1. The molecule has 0 spiro atoms. The molecule has 0 N–H and O–H groups in total. The topological polar surface area (TPSA) is 61.2 Å². The number of aromatic nitrogens is 2. The number of ether oxygens (including phenoxy) is 1. The Morgan fingerprint density at radius 2 is 1.88 bits per heavy atom. The smallest absolute Gasteiger partial charge is 0.254 e. The van der Waals surface area contributed by atoms with E-state index in [9.17, 15) is 9.59 Å². The van der Waals surface area contributed by atoms with Gasteiger partial charge in [-0.25, -0.2) is 4.98 Å². The van der Waals surface area contributed by atoms with E-state index in [2.05, 4.69) is 4.98 Å². The zero-order valence-electron chi connectivity index (χ0n) is 13.2. The summed E-state index contributed by atoms with van der Waals surface area (Å²) in [5, 5.41) is 0. The van der Waals surface area contributed by atoms with Crippen molar-refractivity contribution in [3.63, 3.8) is 0 Å². The third kappa shape index (κ3) is 3.41. The van der Waals surface area contributed by atoms with Crippen LogP contribution in [0.2, 0.25) is 0 Å². The minimum Gasteiger partial charge on any atom is -0.497 e. The molecular weight excluding hydrogens is 304 g/mol. The molecule has 1 heterocycles. The predicted octanol–water partition coefficient (Wildman–Crippen LogP) is 2.80. The summed E-state index contributed by atoms with van der Waals surface area (Å²) in [5.74, 6) is 0.427. The van der Waals surface area contributed by atoms with Crippen LogP contribution in [-0.4, -0.2) is 22.4 Å². The molecule has 2 aromatic carbocycles. The van der Waals surface area contributed by atoms with Crippen LogP contribution in [-0.2, 0) is 6.54 Å². The van der Waals surface area contributed by atoms with Crippen molar-refractivity contribution in [2.45, 2.75) is 6.54 Å². The highest BCUT2D eigenvalue weighted by Gasteiger charge is 2.10. The van der Waals surface area contributed by atoms with Gasteiger partial charge in [-0.1, -0.05) is 42.5 Å². The number of nitrogens with zero attached hydrogens (tertiary/aromatic N) is 2. The van der Waals surface area contributed by atoms with Crippen molar-refractivity contribution in [1.29, 1.82) is 0 Å². The first-order valence-electron chi connectivity index (χ1n) is 7.46. The maximum absolute atomic E-state index is 12.3. The highest BCUT2D eigenvalue weighted by Crippen LogP contribution is 2.15. The molecule has 0 aliphatic carbocycles. The van der Waals surface area contributed by atoms with Gasteiger partial charge in [0.1, 0.15) is 5.75 Å². The maximum Gasteiger partial charge on any atom is 0.254 e. The van der Waals surface area contributed by atoms with Crippen LogP contribution in [0.15, 0.2) is 71.8 Å². The summed E-state index contributed by atoms with van der Waals surface area (Å²) >= 11 is 0. The molecule has 0 radical (unpaired) electrons. The molecule has 0 unspecified atom stereocenters. The van der Waals surface area contributed by atoms with Crippen LogP contribution < -0.4 is 10.3 Å². The summed E-state index contributed by atoms with van der Waals surface area (Å²) in [6.45, 7) is -0.0614. The Labute approximate surface area is 139 Å².